The first kappa shape index (κ1) is 11.9. The summed E-state index contributed by atoms with van der Waals surface area (Å²) in [5.74, 6) is -0.578. The fourth-order valence-corrected chi connectivity index (χ4v) is 1.16. The van der Waals surface area contributed by atoms with Crippen LogP contribution in [0, 0.1) is 17.0 Å². The zero-order valence-corrected chi connectivity index (χ0v) is 9.06. The van der Waals surface area contributed by atoms with Gasteiger partial charge < -0.3 is 5.32 Å². The monoisotopic (exact) mass is 220 g/mol. The summed E-state index contributed by atoms with van der Waals surface area (Å²) in [5.41, 5.74) is 1.23. The van der Waals surface area contributed by atoms with Crippen LogP contribution >= 0.6 is 0 Å². The Labute approximate surface area is 92.9 Å². The molecule has 1 aromatic carbocycles. The van der Waals surface area contributed by atoms with Gasteiger partial charge in [0, 0.05) is 12.6 Å². The van der Waals surface area contributed by atoms with Gasteiger partial charge in [-0.05, 0) is 18.6 Å². The van der Waals surface area contributed by atoms with E-state index in [2.05, 4.69) is 5.32 Å². The van der Waals surface area contributed by atoms with E-state index in [0.29, 0.717) is 0 Å². The molecule has 0 aliphatic carbocycles. The number of hydrogen-bond acceptors (Lipinski definition) is 4. The molecule has 1 aromatic rings. The standard InChI is InChI=1S/C11H12N2O3/c1-8-5-3-4-6-10(8)12-7-11(9(2)14)13(15)16/h3-7,12H,1-2H3/b11-7+. The summed E-state index contributed by atoms with van der Waals surface area (Å²) in [6, 6.07) is 7.33. The summed E-state index contributed by atoms with van der Waals surface area (Å²) in [6.45, 7) is 3.03. The molecular formula is C11H12N2O3. The minimum Gasteiger partial charge on any atom is -0.356 e. The highest BCUT2D eigenvalue weighted by Crippen LogP contribution is 2.13. The molecule has 0 saturated heterocycles. The van der Waals surface area contributed by atoms with Gasteiger partial charge in [0.2, 0.25) is 5.78 Å². The van der Waals surface area contributed by atoms with Crippen LogP contribution in [0.4, 0.5) is 5.69 Å². The van der Waals surface area contributed by atoms with Crippen LogP contribution in [0.3, 0.4) is 0 Å². The van der Waals surface area contributed by atoms with Crippen molar-refractivity contribution >= 4 is 11.5 Å². The fraction of sp³-hybridized carbons (Fsp3) is 0.182. The van der Waals surface area contributed by atoms with Crippen LogP contribution in [0.2, 0.25) is 0 Å². The lowest BCUT2D eigenvalue weighted by Crippen LogP contribution is -2.09. The first-order valence-corrected chi connectivity index (χ1v) is 4.70. The number of aryl methyl sites for hydroxylation is 1. The predicted octanol–water partition coefficient (Wildman–Crippen LogP) is 2.11. The van der Waals surface area contributed by atoms with Gasteiger partial charge in [0.15, 0.2) is 0 Å². The van der Waals surface area contributed by atoms with Gasteiger partial charge in [-0.3, -0.25) is 14.9 Å². The topological polar surface area (TPSA) is 72.2 Å². The van der Waals surface area contributed by atoms with E-state index in [0.717, 1.165) is 24.4 Å². The van der Waals surface area contributed by atoms with Crippen LogP contribution < -0.4 is 5.32 Å². The Morgan fingerprint density at radius 1 is 1.44 bits per heavy atom. The minimum absolute atomic E-state index is 0.455. The van der Waals surface area contributed by atoms with Crippen molar-refractivity contribution in [2.24, 2.45) is 0 Å². The van der Waals surface area contributed by atoms with Gasteiger partial charge in [0.05, 0.1) is 11.1 Å². The van der Waals surface area contributed by atoms with Gasteiger partial charge in [-0.25, -0.2) is 0 Å². The number of carbonyl (C=O) groups excluding carboxylic acids is 1. The highest BCUT2D eigenvalue weighted by Gasteiger charge is 2.16. The van der Waals surface area contributed by atoms with Gasteiger partial charge >= 0.3 is 5.70 Å². The number of nitrogens with one attached hydrogen (secondary N) is 1. The van der Waals surface area contributed by atoms with Crippen molar-refractivity contribution in [1.29, 1.82) is 0 Å². The number of nitro groups is 1. The van der Waals surface area contributed by atoms with E-state index in [1.165, 1.54) is 0 Å². The van der Waals surface area contributed by atoms with E-state index in [-0.39, 0.29) is 0 Å². The van der Waals surface area contributed by atoms with Crippen molar-refractivity contribution in [3.63, 3.8) is 0 Å². The Morgan fingerprint density at radius 3 is 2.56 bits per heavy atom. The lowest BCUT2D eigenvalue weighted by atomic mass is 10.2. The van der Waals surface area contributed by atoms with Gasteiger partial charge in [-0.1, -0.05) is 18.2 Å². The molecule has 0 amide bonds. The third kappa shape index (κ3) is 2.91. The molecule has 0 unspecified atom stereocenters. The third-order valence-corrected chi connectivity index (χ3v) is 2.07. The molecule has 84 valence electrons. The molecule has 0 fully saturated rings. The number of allylic oxidation sites excluding steroid dienone is 1. The van der Waals surface area contributed by atoms with Crippen LogP contribution in [0.15, 0.2) is 36.2 Å². The highest BCUT2D eigenvalue weighted by atomic mass is 16.6. The number of ketones is 1. The quantitative estimate of drug-likeness (QED) is 0.479. The van der Waals surface area contributed by atoms with Crippen LogP contribution in [-0.2, 0) is 4.79 Å². The number of rotatable bonds is 4. The summed E-state index contributed by atoms with van der Waals surface area (Å²) in [5, 5.41) is 13.3. The van der Waals surface area contributed by atoms with Crippen LogP contribution in [0.5, 0.6) is 0 Å². The smallest absolute Gasteiger partial charge is 0.327 e. The summed E-state index contributed by atoms with van der Waals surface area (Å²) >= 11 is 0. The molecule has 0 heterocycles. The summed E-state index contributed by atoms with van der Waals surface area (Å²) in [6.07, 6.45) is 1.12. The Morgan fingerprint density at radius 2 is 2.06 bits per heavy atom. The van der Waals surface area contributed by atoms with E-state index in [9.17, 15) is 14.9 Å². The number of carbonyl (C=O) groups is 1. The number of Topliss-reactive ketones (excluding diaryl/α,β-unsaturated/α-hetero) is 1. The average molecular weight is 220 g/mol. The molecule has 0 aromatic heterocycles. The Bertz CT molecular complexity index is 436. The molecule has 0 saturated carbocycles. The normalized spacial score (nSPS) is 11.0. The minimum atomic E-state index is -0.701. The summed E-state index contributed by atoms with van der Waals surface area (Å²) in [7, 11) is 0. The molecule has 1 rings (SSSR count). The Balaban J connectivity index is 2.90. The van der Waals surface area contributed by atoms with E-state index in [1.807, 2.05) is 25.1 Å². The maximum Gasteiger partial charge on any atom is 0.327 e. The van der Waals surface area contributed by atoms with Gasteiger partial charge in [0.25, 0.3) is 0 Å². The number of hydrogen-bond donors (Lipinski definition) is 1. The van der Waals surface area contributed by atoms with Gasteiger partial charge in [-0.15, -0.1) is 0 Å². The second-order valence-electron chi connectivity index (χ2n) is 3.30. The number of benzene rings is 1. The zero-order chi connectivity index (χ0) is 12.1. The summed E-state index contributed by atoms with van der Waals surface area (Å²) in [4.78, 5) is 20.8. The highest BCUT2D eigenvalue weighted by molar-refractivity contribution is 5.91. The fourth-order valence-electron chi connectivity index (χ4n) is 1.16. The molecule has 0 aliphatic rings. The van der Waals surface area contributed by atoms with Crippen molar-refractivity contribution in [1.82, 2.24) is 0 Å². The molecule has 0 spiro atoms. The van der Waals surface area contributed by atoms with Crippen LogP contribution in [0.1, 0.15) is 12.5 Å². The average Bonchev–Trinajstić information content (AvgIpc) is 2.20. The van der Waals surface area contributed by atoms with Crippen LogP contribution in [-0.4, -0.2) is 10.7 Å². The van der Waals surface area contributed by atoms with Gasteiger partial charge in [-0.2, -0.15) is 0 Å². The molecule has 5 nitrogen and oxygen atoms in total. The number of para-hydroxylation sites is 1. The lowest BCUT2D eigenvalue weighted by Gasteiger charge is -2.03. The predicted molar refractivity (Wildman–Crippen MR) is 60.6 cm³/mol. The second kappa shape index (κ2) is 5.06. The maximum absolute atomic E-state index is 10.9. The van der Waals surface area contributed by atoms with E-state index >= 15 is 0 Å². The van der Waals surface area contributed by atoms with E-state index in [4.69, 9.17) is 0 Å². The van der Waals surface area contributed by atoms with Gasteiger partial charge in [0.1, 0.15) is 0 Å². The third-order valence-electron chi connectivity index (χ3n) is 2.07. The molecule has 16 heavy (non-hydrogen) atoms. The number of anilines is 1. The first-order valence-electron chi connectivity index (χ1n) is 4.70. The Kier molecular flexibility index (Phi) is 3.77. The zero-order valence-electron chi connectivity index (χ0n) is 9.06. The molecule has 0 radical (unpaired) electrons. The van der Waals surface area contributed by atoms with Crippen molar-refractivity contribution < 1.29 is 9.72 Å². The molecule has 1 N–H and O–H groups in total. The molecule has 0 aliphatic heterocycles. The summed E-state index contributed by atoms with van der Waals surface area (Å²) < 4.78 is 0. The largest absolute Gasteiger partial charge is 0.356 e. The van der Waals surface area contributed by atoms with Crippen molar-refractivity contribution in [3.05, 3.63) is 51.8 Å². The number of nitrogens with zero attached hydrogens (tertiary/aromatic N) is 1. The van der Waals surface area contributed by atoms with Crippen LogP contribution in [0.25, 0.3) is 0 Å². The van der Waals surface area contributed by atoms with Crippen molar-refractivity contribution in [2.75, 3.05) is 5.32 Å². The van der Waals surface area contributed by atoms with Crippen molar-refractivity contribution in [3.8, 4) is 0 Å². The molecule has 0 atom stereocenters. The maximum atomic E-state index is 10.9. The molecule has 0 bridgehead atoms. The first-order chi connectivity index (χ1) is 7.52. The Hall–Kier alpha value is -2.17. The molecule has 5 heteroatoms. The van der Waals surface area contributed by atoms with Crippen molar-refractivity contribution in [2.45, 2.75) is 13.8 Å². The second-order valence-corrected chi connectivity index (χ2v) is 3.30. The SMILES string of the molecule is CC(=O)/C(=C\Nc1ccccc1C)[N+](=O)[O-]. The molecular weight excluding hydrogens is 208 g/mol. The lowest BCUT2D eigenvalue weighted by molar-refractivity contribution is -0.418. The van der Waals surface area contributed by atoms with E-state index < -0.39 is 16.4 Å². The van der Waals surface area contributed by atoms with E-state index in [1.54, 1.807) is 6.07 Å².